The molecule has 0 unspecified atom stereocenters. The lowest BCUT2D eigenvalue weighted by atomic mass is 9.83. The Hall–Kier alpha value is -3.35. The Morgan fingerprint density at radius 2 is 1.82 bits per heavy atom. The Labute approximate surface area is 221 Å². The van der Waals surface area contributed by atoms with Gasteiger partial charge in [0, 0.05) is 31.8 Å². The Kier molecular flexibility index (Phi) is 7.46. The van der Waals surface area contributed by atoms with Crippen molar-refractivity contribution in [2.75, 3.05) is 46.6 Å². The van der Waals surface area contributed by atoms with Gasteiger partial charge < -0.3 is 24.6 Å². The van der Waals surface area contributed by atoms with Crippen LogP contribution in [0.25, 0.3) is 10.2 Å². The number of nitrogens with one attached hydrogen (secondary N) is 1. The van der Waals surface area contributed by atoms with E-state index in [1.165, 1.54) is 11.3 Å². The lowest BCUT2D eigenvalue weighted by Gasteiger charge is -2.26. The minimum Gasteiger partial charge on any atom is -0.493 e. The van der Waals surface area contributed by atoms with E-state index in [9.17, 15) is 23.5 Å². The highest BCUT2D eigenvalue weighted by atomic mass is 32.1. The molecule has 1 fully saturated rings. The number of benzene rings is 2. The number of aliphatic carboxylic acids is 1. The summed E-state index contributed by atoms with van der Waals surface area (Å²) < 4.78 is 45.0. The number of halogens is 2. The summed E-state index contributed by atoms with van der Waals surface area (Å²) in [7, 11) is 1.56. The summed E-state index contributed by atoms with van der Waals surface area (Å²) in [6, 6.07) is 5.52. The number of rotatable bonds is 9. The number of carbonyl (C=O) groups excluding carboxylic acids is 1. The summed E-state index contributed by atoms with van der Waals surface area (Å²) in [5.74, 6) is -3.10. The SMILES string of the molecule is COc1cc2sc(CNC(=O)C3(C(=O)O)Cc4cc(F)c(F)cc4C3)nc2cc1OCCN1CCOCC1. The summed E-state index contributed by atoms with van der Waals surface area (Å²) in [5, 5.41) is 13.1. The number of amides is 1. The van der Waals surface area contributed by atoms with Crippen molar-refractivity contribution in [3.05, 3.63) is 52.0 Å². The molecular weight excluding hydrogens is 520 g/mol. The van der Waals surface area contributed by atoms with E-state index in [1.54, 1.807) is 13.2 Å². The molecule has 2 heterocycles. The van der Waals surface area contributed by atoms with Crippen molar-refractivity contribution in [1.29, 1.82) is 0 Å². The molecule has 1 aromatic heterocycles. The van der Waals surface area contributed by atoms with E-state index in [4.69, 9.17) is 14.2 Å². The van der Waals surface area contributed by atoms with E-state index >= 15 is 0 Å². The van der Waals surface area contributed by atoms with Crippen molar-refractivity contribution in [3.8, 4) is 11.5 Å². The van der Waals surface area contributed by atoms with Crippen molar-refractivity contribution in [1.82, 2.24) is 15.2 Å². The number of carbonyl (C=O) groups is 2. The van der Waals surface area contributed by atoms with E-state index in [1.807, 2.05) is 6.07 Å². The molecule has 9 nitrogen and oxygen atoms in total. The van der Waals surface area contributed by atoms with Crippen molar-refractivity contribution in [2.24, 2.45) is 5.41 Å². The Morgan fingerprint density at radius 1 is 1.13 bits per heavy atom. The second kappa shape index (κ2) is 10.8. The molecule has 2 aliphatic rings. The van der Waals surface area contributed by atoms with Gasteiger partial charge in [0.05, 0.1) is 37.1 Å². The maximum absolute atomic E-state index is 13.7. The van der Waals surface area contributed by atoms with Gasteiger partial charge in [-0.25, -0.2) is 13.8 Å². The lowest BCUT2D eigenvalue weighted by Crippen LogP contribution is -2.47. The van der Waals surface area contributed by atoms with Gasteiger partial charge in [0.15, 0.2) is 28.5 Å². The number of nitrogens with zero attached hydrogens (tertiary/aromatic N) is 2. The van der Waals surface area contributed by atoms with E-state index in [2.05, 4.69) is 15.2 Å². The molecule has 3 aromatic rings. The Morgan fingerprint density at radius 3 is 2.45 bits per heavy atom. The van der Waals surface area contributed by atoms with Gasteiger partial charge in [-0.3, -0.25) is 14.5 Å². The minimum atomic E-state index is -1.84. The number of ether oxygens (including phenoxy) is 3. The summed E-state index contributed by atoms with van der Waals surface area (Å²) >= 11 is 1.34. The first-order valence-electron chi connectivity index (χ1n) is 12.2. The number of fused-ring (bicyclic) bond motifs is 2. The van der Waals surface area contributed by atoms with E-state index < -0.39 is 28.9 Å². The zero-order chi connectivity index (χ0) is 26.9. The fourth-order valence-corrected chi connectivity index (χ4v) is 5.76. The zero-order valence-electron chi connectivity index (χ0n) is 20.7. The van der Waals surface area contributed by atoms with Gasteiger partial charge in [0.2, 0.25) is 5.91 Å². The number of hydrogen-bond donors (Lipinski definition) is 2. The van der Waals surface area contributed by atoms with Gasteiger partial charge >= 0.3 is 5.97 Å². The molecule has 0 spiro atoms. The van der Waals surface area contributed by atoms with Crippen LogP contribution in [0, 0.1) is 17.0 Å². The highest BCUT2D eigenvalue weighted by Gasteiger charge is 2.50. The van der Waals surface area contributed by atoms with E-state index in [0.717, 1.165) is 36.5 Å². The standard InChI is InChI=1S/C26H27F2N3O6S/c1-35-20-11-22-19(10-21(20)37-7-4-31-2-5-36-6-3-31)30-23(38-22)14-29-24(32)26(25(33)34)12-15-8-17(27)18(28)9-16(15)13-26/h8-11H,2-7,12-14H2,1H3,(H,29,32)(H,33,34). The quantitative estimate of drug-likeness (QED) is 0.394. The highest BCUT2D eigenvalue weighted by molar-refractivity contribution is 7.18. The fourth-order valence-electron chi connectivity index (χ4n) is 4.85. The normalized spacial score (nSPS) is 16.8. The third-order valence-electron chi connectivity index (χ3n) is 6.96. The number of methoxy groups -OCH3 is 1. The maximum Gasteiger partial charge on any atom is 0.319 e. The average molecular weight is 548 g/mol. The molecule has 2 N–H and O–H groups in total. The van der Waals surface area contributed by atoms with Crippen LogP contribution in [0.3, 0.4) is 0 Å². The van der Waals surface area contributed by atoms with Crippen molar-refractivity contribution in [2.45, 2.75) is 19.4 Å². The second-order valence-electron chi connectivity index (χ2n) is 9.34. The molecule has 2 aromatic carbocycles. The van der Waals surface area contributed by atoms with Gasteiger partial charge in [-0.1, -0.05) is 0 Å². The molecule has 0 saturated carbocycles. The van der Waals surface area contributed by atoms with Crippen LogP contribution in [-0.2, 0) is 33.7 Å². The summed E-state index contributed by atoms with van der Waals surface area (Å²) in [6.07, 6.45) is -0.439. The van der Waals surface area contributed by atoms with Gasteiger partial charge in [0.1, 0.15) is 11.6 Å². The van der Waals surface area contributed by atoms with E-state index in [-0.39, 0.29) is 19.4 Å². The molecule has 1 saturated heterocycles. The summed E-state index contributed by atoms with van der Waals surface area (Å²) in [5.41, 5.74) is -0.554. The molecule has 0 bridgehead atoms. The fraction of sp³-hybridized carbons (Fsp3) is 0.423. The first-order valence-corrected chi connectivity index (χ1v) is 13.0. The molecule has 0 atom stereocenters. The van der Waals surface area contributed by atoms with Crippen molar-refractivity contribution in [3.63, 3.8) is 0 Å². The van der Waals surface area contributed by atoms with E-state index in [0.29, 0.717) is 53.0 Å². The topological polar surface area (TPSA) is 110 Å². The summed E-state index contributed by atoms with van der Waals surface area (Å²) in [6.45, 7) is 4.39. The van der Waals surface area contributed by atoms with Crippen LogP contribution in [0.5, 0.6) is 11.5 Å². The number of carboxylic acid groups (broad SMARTS) is 1. The molecule has 5 rings (SSSR count). The Balaban J connectivity index is 1.26. The number of carboxylic acids is 1. The number of thiazole rings is 1. The molecular formula is C26H27F2N3O6S. The highest BCUT2D eigenvalue weighted by Crippen LogP contribution is 2.39. The van der Waals surface area contributed by atoms with Gasteiger partial charge in [0.25, 0.3) is 0 Å². The van der Waals surface area contributed by atoms with Crippen LogP contribution in [0.1, 0.15) is 16.1 Å². The first kappa shape index (κ1) is 26.3. The molecule has 1 amide bonds. The predicted molar refractivity (Wildman–Crippen MR) is 135 cm³/mol. The molecule has 0 radical (unpaired) electrons. The molecule has 12 heteroatoms. The van der Waals surface area contributed by atoms with Crippen LogP contribution in [0.4, 0.5) is 8.78 Å². The van der Waals surface area contributed by atoms with Gasteiger partial charge in [-0.15, -0.1) is 11.3 Å². The van der Waals surface area contributed by atoms with Crippen LogP contribution in [0.2, 0.25) is 0 Å². The monoisotopic (exact) mass is 547 g/mol. The third-order valence-corrected chi connectivity index (χ3v) is 7.98. The molecule has 1 aliphatic carbocycles. The van der Waals surface area contributed by atoms with Crippen molar-refractivity contribution < 1.29 is 37.7 Å². The average Bonchev–Trinajstić information content (AvgIpc) is 3.49. The lowest BCUT2D eigenvalue weighted by molar-refractivity contribution is -0.155. The van der Waals surface area contributed by atoms with Crippen LogP contribution in [0.15, 0.2) is 24.3 Å². The molecule has 38 heavy (non-hydrogen) atoms. The second-order valence-corrected chi connectivity index (χ2v) is 10.5. The third kappa shape index (κ3) is 5.16. The van der Waals surface area contributed by atoms with Crippen LogP contribution >= 0.6 is 11.3 Å². The number of morpholine rings is 1. The van der Waals surface area contributed by atoms with Crippen LogP contribution in [-0.4, -0.2) is 73.4 Å². The van der Waals surface area contributed by atoms with Crippen molar-refractivity contribution >= 4 is 33.4 Å². The molecule has 202 valence electrons. The van der Waals surface area contributed by atoms with Gasteiger partial charge in [-0.05, 0) is 36.1 Å². The maximum atomic E-state index is 13.7. The first-order chi connectivity index (χ1) is 18.3. The zero-order valence-corrected chi connectivity index (χ0v) is 21.5. The molecule has 1 aliphatic heterocycles. The predicted octanol–water partition coefficient (Wildman–Crippen LogP) is 2.78. The Bertz CT molecular complexity index is 1340. The smallest absolute Gasteiger partial charge is 0.319 e. The van der Waals surface area contributed by atoms with Gasteiger partial charge in [-0.2, -0.15) is 0 Å². The summed E-state index contributed by atoms with van der Waals surface area (Å²) in [4.78, 5) is 32.1. The minimum absolute atomic E-state index is 0.00180. The van der Waals surface area contributed by atoms with Crippen LogP contribution < -0.4 is 14.8 Å². The number of aromatic nitrogens is 1. The largest absolute Gasteiger partial charge is 0.493 e. The number of hydrogen-bond acceptors (Lipinski definition) is 8.